The molecular formula is C16H16N2O3S. The number of pyridine rings is 1. The van der Waals surface area contributed by atoms with Crippen LogP contribution in [0.5, 0.6) is 5.75 Å². The summed E-state index contributed by atoms with van der Waals surface area (Å²) >= 11 is 1.57. The van der Waals surface area contributed by atoms with E-state index in [2.05, 4.69) is 4.98 Å². The van der Waals surface area contributed by atoms with Crippen molar-refractivity contribution >= 4 is 17.7 Å². The van der Waals surface area contributed by atoms with Gasteiger partial charge in [-0.15, -0.1) is 11.8 Å². The van der Waals surface area contributed by atoms with E-state index in [1.54, 1.807) is 30.8 Å². The lowest BCUT2D eigenvalue weighted by Gasteiger charge is -2.19. The van der Waals surface area contributed by atoms with Crippen molar-refractivity contribution in [2.24, 2.45) is 0 Å². The topological polar surface area (TPSA) is 62.4 Å². The quantitative estimate of drug-likeness (QED) is 0.945. The van der Waals surface area contributed by atoms with Gasteiger partial charge in [0.1, 0.15) is 11.1 Å². The van der Waals surface area contributed by atoms with Crippen LogP contribution in [0.1, 0.15) is 21.3 Å². The second-order valence-corrected chi connectivity index (χ2v) is 5.99. The highest BCUT2D eigenvalue weighted by atomic mass is 32.2. The molecule has 0 unspecified atom stereocenters. The van der Waals surface area contributed by atoms with E-state index in [0.29, 0.717) is 11.3 Å². The third kappa shape index (κ3) is 2.20. The minimum atomic E-state index is -0.270. The van der Waals surface area contributed by atoms with Crippen LogP contribution < -0.4 is 10.3 Å². The first kappa shape index (κ1) is 14.7. The summed E-state index contributed by atoms with van der Waals surface area (Å²) in [5.41, 5.74) is 2.63. The van der Waals surface area contributed by atoms with Gasteiger partial charge in [-0.05, 0) is 36.1 Å². The summed E-state index contributed by atoms with van der Waals surface area (Å²) in [6.07, 6.45) is 1.95. The minimum absolute atomic E-state index is 0.101. The molecule has 0 fully saturated rings. The van der Waals surface area contributed by atoms with Gasteiger partial charge >= 0.3 is 0 Å². The van der Waals surface area contributed by atoms with Gasteiger partial charge < -0.3 is 14.6 Å². The molecule has 0 aliphatic carbocycles. The summed E-state index contributed by atoms with van der Waals surface area (Å²) in [5, 5.41) is -0.101. The first-order valence-electron chi connectivity index (χ1n) is 6.78. The van der Waals surface area contributed by atoms with Gasteiger partial charge in [-0.1, -0.05) is 0 Å². The third-order valence-corrected chi connectivity index (χ3v) is 4.83. The Kier molecular flexibility index (Phi) is 3.70. The number of fused-ring (bicyclic) bond motifs is 1. The van der Waals surface area contributed by atoms with Gasteiger partial charge in [0, 0.05) is 18.7 Å². The largest absolute Gasteiger partial charge is 0.497 e. The molecule has 2 heterocycles. The number of H-pyrrole nitrogens is 1. The zero-order valence-corrected chi connectivity index (χ0v) is 13.4. The second kappa shape index (κ2) is 5.53. The number of thioether (sulfide) groups is 1. The zero-order valence-electron chi connectivity index (χ0n) is 12.5. The van der Waals surface area contributed by atoms with Crippen molar-refractivity contribution in [2.75, 3.05) is 20.4 Å². The van der Waals surface area contributed by atoms with E-state index in [1.165, 1.54) is 6.07 Å². The van der Waals surface area contributed by atoms with Crippen LogP contribution in [-0.2, 0) is 0 Å². The Labute approximate surface area is 132 Å². The molecule has 2 aromatic rings. The number of methoxy groups -OCH3 is 1. The summed E-state index contributed by atoms with van der Waals surface area (Å²) in [5.74, 6) is 0.628. The smallest absolute Gasteiger partial charge is 0.255 e. The highest BCUT2D eigenvalue weighted by Crippen LogP contribution is 2.42. The maximum Gasteiger partial charge on any atom is 0.255 e. The number of carbonyl (C=O) groups excluding carboxylic acids is 1. The number of aromatic nitrogens is 1. The molecule has 0 radical (unpaired) electrons. The SMILES string of the molecule is COc1ccc(-c2[nH]c(=O)cc3c2[C@@H](SC)N(C)C3=O)cc1. The third-order valence-electron chi connectivity index (χ3n) is 3.83. The van der Waals surface area contributed by atoms with Crippen molar-refractivity contribution < 1.29 is 9.53 Å². The highest BCUT2D eigenvalue weighted by Gasteiger charge is 2.36. The molecule has 1 amide bonds. The van der Waals surface area contributed by atoms with E-state index in [1.807, 2.05) is 30.5 Å². The zero-order chi connectivity index (χ0) is 15.9. The van der Waals surface area contributed by atoms with Crippen LogP contribution in [0.2, 0.25) is 0 Å². The first-order valence-corrected chi connectivity index (χ1v) is 8.07. The van der Waals surface area contributed by atoms with Crippen LogP contribution in [0.4, 0.5) is 0 Å². The van der Waals surface area contributed by atoms with Gasteiger partial charge in [0.25, 0.3) is 5.91 Å². The van der Waals surface area contributed by atoms with Crippen LogP contribution >= 0.6 is 11.8 Å². The molecule has 0 saturated carbocycles. The summed E-state index contributed by atoms with van der Waals surface area (Å²) in [6, 6.07) is 8.82. The number of nitrogens with zero attached hydrogens (tertiary/aromatic N) is 1. The van der Waals surface area contributed by atoms with Crippen molar-refractivity contribution in [1.29, 1.82) is 0 Å². The summed E-state index contributed by atoms with van der Waals surface area (Å²) in [6.45, 7) is 0. The van der Waals surface area contributed by atoms with Crippen LogP contribution in [0, 0.1) is 0 Å². The second-order valence-electron chi connectivity index (χ2n) is 5.07. The molecule has 0 saturated heterocycles. The average molecular weight is 316 g/mol. The molecule has 6 heteroatoms. The molecular weight excluding hydrogens is 300 g/mol. The summed E-state index contributed by atoms with van der Waals surface area (Å²) in [7, 11) is 3.36. The number of benzene rings is 1. The van der Waals surface area contributed by atoms with Gasteiger partial charge in [0.15, 0.2) is 0 Å². The van der Waals surface area contributed by atoms with E-state index in [-0.39, 0.29) is 16.8 Å². The average Bonchev–Trinajstić information content (AvgIpc) is 2.78. The molecule has 1 aliphatic rings. The fourth-order valence-electron chi connectivity index (χ4n) is 2.76. The normalized spacial score (nSPS) is 16.8. The Balaban J connectivity index is 2.23. The number of carbonyl (C=O) groups is 1. The lowest BCUT2D eigenvalue weighted by Crippen LogP contribution is -2.21. The van der Waals surface area contributed by atoms with Crippen LogP contribution in [-0.4, -0.2) is 36.2 Å². The van der Waals surface area contributed by atoms with Gasteiger partial charge in [-0.3, -0.25) is 9.59 Å². The molecule has 22 heavy (non-hydrogen) atoms. The number of hydrogen-bond acceptors (Lipinski definition) is 4. The molecule has 1 N–H and O–H groups in total. The molecule has 0 spiro atoms. The number of amides is 1. The van der Waals surface area contributed by atoms with Crippen LogP contribution in [0.3, 0.4) is 0 Å². The predicted octanol–water partition coefficient (Wildman–Crippen LogP) is 2.50. The van der Waals surface area contributed by atoms with Crippen molar-refractivity contribution in [3.8, 4) is 17.0 Å². The van der Waals surface area contributed by atoms with Crippen molar-refractivity contribution in [1.82, 2.24) is 9.88 Å². The number of ether oxygens (including phenoxy) is 1. The number of aromatic amines is 1. The molecule has 5 nitrogen and oxygen atoms in total. The predicted molar refractivity (Wildman–Crippen MR) is 87.4 cm³/mol. The Morgan fingerprint density at radius 2 is 1.91 bits per heavy atom. The summed E-state index contributed by atoms with van der Waals surface area (Å²) in [4.78, 5) is 28.8. The fourth-order valence-corrected chi connectivity index (χ4v) is 3.65. The first-order chi connectivity index (χ1) is 10.6. The Bertz CT molecular complexity index is 783. The monoisotopic (exact) mass is 316 g/mol. The fraction of sp³-hybridized carbons (Fsp3) is 0.250. The lowest BCUT2D eigenvalue weighted by atomic mass is 10.0. The van der Waals surface area contributed by atoms with Crippen LogP contribution in [0.25, 0.3) is 11.3 Å². The highest BCUT2D eigenvalue weighted by molar-refractivity contribution is 7.98. The standard InChI is InChI=1S/C16H16N2O3S/c1-18-15(20)11-8-12(19)17-14(13(11)16(18)22-3)9-4-6-10(21-2)7-5-9/h4-8,16H,1-3H3,(H,17,19)/t16-/m1/s1. The molecule has 1 aliphatic heterocycles. The van der Waals surface area contributed by atoms with E-state index in [9.17, 15) is 9.59 Å². The molecule has 1 aromatic carbocycles. The van der Waals surface area contributed by atoms with Gasteiger partial charge in [-0.2, -0.15) is 0 Å². The van der Waals surface area contributed by atoms with Gasteiger partial charge in [0.05, 0.1) is 18.4 Å². The Morgan fingerprint density at radius 3 is 2.50 bits per heavy atom. The molecule has 3 rings (SSSR count). The maximum atomic E-state index is 12.3. The minimum Gasteiger partial charge on any atom is -0.497 e. The Morgan fingerprint density at radius 1 is 1.23 bits per heavy atom. The number of nitrogens with one attached hydrogen (secondary N) is 1. The van der Waals surface area contributed by atoms with E-state index < -0.39 is 0 Å². The molecule has 114 valence electrons. The molecule has 0 bridgehead atoms. The number of hydrogen-bond donors (Lipinski definition) is 1. The lowest BCUT2D eigenvalue weighted by molar-refractivity contribution is 0.0813. The number of rotatable bonds is 3. The van der Waals surface area contributed by atoms with Crippen molar-refractivity contribution in [3.05, 3.63) is 51.8 Å². The van der Waals surface area contributed by atoms with E-state index >= 15 is 0 Å². The summed E-state index contributed by atoms with van der Waals surface area (Å²) < 4.78 is 5.16. The van der Waals surface area contributed by atoms with E-state index in [0.717, 1.165) is 16.9 Å². The van der Waals surface area contributed by atoms with Crippen LogP contribution in [0.15, 0.2) is 35.1 Å². The van der Waals surface area contributed by atoms with Gasteiger partial charge in [-0.25, -0.2) is 0 Å². The van der Waals surface area contributed by atoms with Gasteiger partial charge in [0.2, 0.25) is 5.56 Å². The van der Waals surface area contributed by atoms with Crippen molar-refractivity contribution in [2.45, 2.75) is 5.37 Å². The molecule has 1 atom stereocenters. The van der Waals surface area contributed by atoms with E-state index in [4.69, 9.17) is 4.74 Å². The van der Waals surface area contributed by atoms with Crippen molar-refractivity contribution in [3.63, 3.8) is 0 Å². The molecule has 1 aromatic heterocycles. The Hall–Kier alpha value is -2.21. The maximum absolute atomic E-state index is 12.3.